The minimum atomic E-state index is -0.250. The van der Waals surface area contributed by atoms with E-state index in [2.05, 4.69) is 0 Å². The van der Waals surface area contributed by atoms with Crippen LogP contribution in [0.2, 0.25) is 0 Å². The molecule has 1 aliphatic heterocycles. The van der Waals surface area contributed by atoms with Gasteiger partial charge in [0, 0.05) is 11.2 Å². The van der Waals surface area contributed by atoms with Crippen LogP contribution in [0, 0.1) is 0 Å². The zero-order valence-corrected chi connectivity index (χ0v) is 12.0. The molecule has 0 saturated heterocycles. The van der Waals surface area contributed by atoms with Crippen LogP contribution in [0.3, 0.4) is 0 Å². The van der Waals surface area contributed by atoms with E-state index in [0.717, 1.165) is 5.70 Å². The number of allylic oxidation sites excluding steroid dienone is 5. The fourth-order valence-electron chi connectivity index (χ4n) is 1.49. The molecule has 0 unspecified atom stereocenters. The summed E-state index contributed by atoms with van der Waals surface area (Å²) in [6.07, 6.45) is 8.79. The molecule has 17 heavy (non-hydrogen) atoms. The molecule has 0 bridgehead atoms. The summed E-state index contributed by atoms with van der Waals surface area (Å²) in [6.45, 7) is 5.99. The Balaban J connectivity index is 0. The van der Waals surface area contributed by atoms with Crippen LogP contribution in [0.25, 0.3) is 0 Å². The molecule has 0 radical (unpaired) electrons. The van der Waals surface area contributed by atoms with Crippen LogP contribution in [-0.4, -0.2) is 10.4 Å². The van der Waals surface area contributed by atoms with Gasteiger partial charge in [0.1, 0.15) is 0 Å². The van der Waals surface area contributed by atoms with Crippen LogP contribution in [0.4, 0.5) is 0 Å². The van der Waals surface area contributed by atoms with Gasteiger partial charge in [0.2, 0.25) is 0 Å². The van der Waals surface area contributed by atoms with Gasteiger partial charge in [-0.15, -0.1) is 0 Å². The quantitative estimate of drug-likeness (QED) is 0.341. The SMILES string of the molecule is CC(C)(C)N1C([O-])=CC=CC=C1/C=C\[S-].[Li+].[Li+]. The van der Waals surface area contributed by atoms with Gasteiger partial charge >= 0.3 is 37.7 Å². The molecule has 0 aliphatic carbocycles. The van der Waals surface area contributed by atoms with Crippen molar-refractivity contribution in [3.05, 3.63) is 47.4 Å². The van der Waals surface area contributed by atoms with Crippen molar-refractivity contribution in [3.8, 4) is 0 Å². The van der Waals surface area contributed by atoms with E-state index >= 15 is 0 Å². The van der Waals surface area contributed by atoms with Crippen molar-refractivity contribution in [2.24, 2.45) is 0 Å². The van der Waals surface area contributed by atoms with Gasteiger partial charge < -0.3 is 22.6 Å². The van der Waals surface area contributed by atoms with Crippen molar-refractivity contribution < 1.29 is 42.8 Å². The van der Waals surface area contributed by atoms with Crippen molar-refractivity contribution in [3.63, 3.8) is 0 Å². The normalized spacial score (nSPS) is 15.6. The third-order valence-electron chi connectivity index (χ3n) is 2.01. The van der Waals surface area contributed by atoms with Crippen molar-refractivity contribution >= 4 is 12.6 Å². The monoisotopic (exact) mass is 235 g/mol. The van der Waals surface area contributed by atoms with Gasteiger partial charge in [-0.3, -0.25) is 0 Å². The standard InChI is InChI=1S/C12H17NOS.2Li/c1-12(2,3)13-10(8-9-15)6-4-5-7-11(13)14;;/h4-9,14-15H,1-3H3;;/q;2*+1/p-2/b9-8-;;. The van der Waals surface area contributed by atoms with Crippen LogP contribution < -0.4 is 42.8 Å². The fourth-order valence-corrected chi connectivity index (χ4v) is 1.63. The maximum absolute atomic E-state index is 11.9. The molecule has 0 atom stereocenters. The summed E-state index contributed by atoms with van der Waals surface area (Å²) in [7, 11) is 0. The summed E-state index contributed by atoms with van der Waals surface area (Å²) >= 11 is 4.80. The Morgan fingerprint density at radius 1 is 1.18 bits per heavy atom. The predicted molar refractivity (Wildman–Crippen MR) is 63.4 cm³/mol. The first kappa shape index (κ1) is 19.3. The Hall–Kier alpha value is -0.0252. The second kappa shape index (κ2) is 8.14. The van der Waals surface area contributed by atoms with Gasteiger partial charge in [-0.25, -0.2) is 5.41 Å². The van der Waals surface area contributed by atoms with Gasteiger partial charge in [-0.2, -0.15) is 0 Å². The van der Waals surface area contributed by atoms with Crippen molar-refractivity contribution in [2.45, 2.75) is 26.3 Å². The van der Waals surface area contributed by atoms with Crippen LogP contribution in [-0.2, 0) is 12.6 Å². The summed E-state index contributed by atoms with van der Waals surface area (Å²) in [5.74, 6) is -0.0180. The molecule has 1 heterocycles. The van der Waals surface area contributed by atoms with E-state index in [1.807, 2.05) is 32.9 Å². The van der Waals surface area contributed by atoms with E-state index in [-0.39, 0.29) is 49.1 Å². The summed E-state index contributed by atoms with van der Waals surface area (Å²) in [6, 6.07) is 0. The molecule has 0 aromatic carbocycles. The predicted octanol–water partition coefficient (Wildman–Crippen LogP) is -4.19. The van der Waals surface area contributed by atoms with E-state index in [4.69, 9.17) is 12.6 Å². The van der Waals surface area contributed by atoms with E-state index in [1.54, 1.807) is 23.1 Å². The van der Waals surface area contributed by atoms with E-state index < -0.39 is 0 Å². The van der Waals surface area contributed by atoms with Gasteiger partial charge in [0.15, 0.2) is 0 Å². The van der Waals surface area contributed by atoms with Crippen LogP contribution in [0.15, 0.2) is 47.4 Å². The Morgan fingerprint density at radius 2 is 1.71 bits per heavy atom. The molecule has 1 rings (SSSR count). The smallest absolute Gasteiger partial charge is 0.860 e. The Labute approximate surface area is 133 Å². The summed E-state index contributed by atoms with van der Waals surface area (Å²) in [4.78, 5) is 1.73. The molecule has 0 N–H and O–H groups in total. The molecular weight excluding hydrogens is 220 g/mol. The Kier molecular flexibility index (Phi) is 9.25. The summed E-state index contributed by atoms with van der Waals surface area (Å²) < 4.78 is 0. The third kappa shape index (κ3) is 5.43. The molecule has 0 aromatic heterocycles. The topological polar surface area (TPSA) is 26.3 Å². The largest absolute Gasteiger partial charge is 1.00 e. The first-order valence-corrected chi connectivity index (χ1v) is 5.28. The molecule has 1 aliphatic rings. The molecule has 0 aromatic rings. The Bertz CT molecular complexity index is 354. The maximum Gasteiger partial charge on any atom is 1.00 e. The van der Waals surface area contributed by atoms with Crippen molar-refractivity contribution in [2.75, 3.05) is 0 Å². The second-order valence-corrected chi connectivity index (χ2v) is 4.56. The molecule has 0 saturated carbocycles. The minimum Gasteiger partial charge on any atom is -0.860 e. The van der Waals surface area contributed by atoms with Gasteiger partial charge in [0.25, 0.3) is 0 Å². The molecular formula is C12H15Li2NOS. The number of rotatable bonds is 1. The Morgan fingerprint density at radius 3 is 2.18 bits per heavy atom. The molecule has 0 fully saturated rings. The van der Waals surface area contributed by atoms with Crippen LogP contribution in [0.1, 0.15) is 20.8 Å². The molecule has 0 amide bonds. The maximum atomic E-state index is 11.9. The van der Waals surface area contributed by atoms with Gasteiger partial charge in [-0.05, 0) is 32.7 Å². The number of hydrogen-bond donors (Lipinski definition) is 0. The summed E-state index contributed by atoms with van der Waals surface area (Å²) in [5.41, 5.74) is 0.577. The fraction of sp³-hybridized carbons (Fsp3) is 0.333. The average molecular weight is 235 g/mol. The summed E-state index contributed by atoms with van der Waals surface area (Å²) in [5, 5.41) is 13.4. The van der Waals surface area contributed by atoms with E-state index in [9.17, 15) is 5.11 Å². The third-order valence-corrected chi connectivity index (χ3v) is 2.14. The second-order valence-electron chi connectivity index (χ2n) is 4.29. The van der Waals surface area contributed by atoms with Gasteiger partial charge in [0.05, 0.1) is 0 Å². The molecule has 5 heteroatoms. The van der Waals surface area contributed by atoms with E-state index in [1.165, 1.54) is 5.41 Å². The number of nitrogens with zero attached hydrogens (tertiary/aromatic N) is 1. The average Bonchev–Trinajstić information content (AvgIpc) is 2.26. The minimum absolute atomic E-state index is 0. The first-order chi connectivity index (χ1) is 6.96. The van der Waals surface area contributed by atoms with Crippen LogP contribution >= 0.6 is 0 Å². The van der Waals surface area contributed by atoms with Crippen molar-refractivity contribution in [1.82, 2.24) is 4.90 Å². The zero-order chi connectivity index (χ0) is 11.5. The molecule has 82 valence electrons. The zero-order valence-electron chi connectivity index (χ0n) is 11.2. The molecule has 2 nitrogen and oxygen atoms in total. The van der Waals surface area contributed by atoms with E-state index in [0.29, 0.717) is 0 Å². The van der Waals surface area contributed by atoms with Gasteiger partial charge in [-0.1, -0.05) is 24.3 Å². The van der Waals surface area contributed by atoms with Crippen LogP contribution in [0.5, 0.6) is 0 Å². The molecule has 0 spiro atoms. The van der Waals surface area contributed by atoms with Crippen molar-refractivity contribution in [1.29, 1.82) is 0 Å². The first-order valence-electron chi connectivity index (χ1n) is 4.81. The number of hydrogen-bond acceptors (Lipinski definition) is 3.